The molecule has 0 unspecified atom stereocenters. The van der Waals surface area contributed by atoms with Crippen molar-refractivity contribution in [2.45, 2.75) is 12.0 Å². The molecule has 3 atom stereocenters. The van der Waals surface area contributed by atoms with Gasteiger partial charge in [0, 0.05) is 11.5 Å². The van der Waals surface area contributed by atoms with Crippen molar-refractivity contribution in [1.82, 2.24) is 0 Å². The molecule has 0 radical (unpaired) electrons. The van der Waals surface area contributed by atoms with Crippen LogP contribution in [0.5, 0.6) is 28.7 Å². The maximum absolute atomic E-state index is 12.7. The number of methoxy groups -OCH3 is 3. The van der Waals surface area contributed by atoms with E-state index in [-0.39, 0.29) is 13.4 Å². The third kappa shape index (κ3) is 2.38. The Morgan fingerprint density at radius 1 is 0.931 bits per heavy atom. The molecule has 1 fully saturated rings. The number of ether oxygens (including phenoxy) is 6. The van der Waals surface area contributed by atoms with Crippen LogP contribution in [0.15, 0.2) is 18.2 Å². The van der Waals surface area contributed by atoms with Crippen molar-refractivity contribution in [3.63, 3.8) is 0 Å². The van der Waals surface area contributed by atoms with Crippen LogP contribution in [0.3, 0.4) is 0 Å². The number of aliphatic hydroxyl groups is 1. The van der Waals surface area contributed by atoms with E-state index in [1.807, 2.05) is 0 Å². The third-order valence-electron chi connectivity index (χ3n) is 5.83. The molecular weight excluding hydrogens is 380 g/mol. The number of benzene rings is 2. The minimum Gasteiger partial charge on any atom is -0.493 e. The molecule has 2 aromatic rings. The second kappa shape index (κ2) is 6.45. The van der Waals surface area contributed by atoms with Crippen LogP contribution in [0, 0.1) is 5.92 Å². The normalized spacial score (nSPS) is 23.4. The molecule has 0 bridgehead atoms. The van der Waals surface area contributed by atoms with Gasteiger partial charge in [-0.25, -0.2) is 0 Å². The van der Waals surface area contributed by atoms with Gasteiger partial charge in [0.2, 0.25) is 12.5 Å². The van der Waals surface area contributed by atoms with E-state index < -0.39 is 23.9 Å². The second-order valence-corrected chi connectivity index (χ2v) is 7.12. The first-order chi connectivity index (χ1) is 14.1. The lowest BCUT2D eigenvalue weighted by molar-refractivity contribution is -0.139. The average Bonchev–Trinajstić information content (AvgIpc) is 3.33. The monoisotopic (exact) mass is 400 g/mol. The fourth-order valence-electron chi connectivity index (χ4n) is 4.52. The first-order valence-electron chi connectivity index (χ1n) is 9.20. The molecule has 0 spiro atoms. The molecule has 0 aromatic heterocycles. The number of cyclic esters (lactones) is 1. The highest BCUT2D eigenvalue weighted by Crippen LogP contribution is 2.57. The van der Waals surface area contributed by atoms with Gasteiger partial charge in [-0.15, -0.1) is 0 Å². The van der Waals surface area contributed by atoms with E-state index in [4.69, 9.17) is 28.4 Å². The summed E-state index contributed by atoms with van der Waals surface area (Å²) in [5.41, 5.74) is 2.61. The van der Waals surface area contributed by atoms with Gasteiger partial charge in [0.25, 0.3) is 0 Å². The lowest BCUT2D eigenvalue weighted by atomic mass is 9.84. The molecule has 1 N–H and O–H groups in total. The van der Waals surface area contributed by atoms with Crippen LogP contribution in [0.4, 0.5) is 0 Å². The minimum atomic E-state index is -0.940. The number of esters is 1. The molecule has 0 amide bonds. The first-order valence-corrected chi connectivity index (χ1v) is 9.20. The van der Waals surface area contributed by atoms with E-state index in [0.717, 1.165) is 0 Å². The molecule has 2 aromatic carbocycles. The molecule has 152 valence electrons. The van der Waals surface area contributed by atoms with Gasteiger partial charge in [-0.1, -0.05) is 0 Å². The quantitative estimate of drug-likeness (QED) is 0.786. The Labute approximate surface area is 166 Å². The Morgan fingerprint density at radius 2 is 1.66 bits per heavy atom. The van der Waals surface area contributed by atoms with E-state index in [1.54, 1.807) is 18.2 Å². The van der Waals surface area contributed by atoms with Gasteiger partial charge in [-0.05, 0) is 34.9 Å². The van der Waals surface area contributed by atoms with Crippen LogP contribution >= 0.6 is 0 Å². The van der Waals surface area contributed by atoms with Crippen molar-refractivity contribution < 1.29 is 38.3 Å². The van der Waals surface area contributed by atoms with Crippen LogP contribution in [-0.4, -0.2) is 45.8 Å². The predicted molar refractivity (Wildman–Crippen MR) is 99.8 cm³/mol. The summed E-state index contributed by atoms with van der Waals surface area (Å²) >= 11 is 0. The average molecular weight is 400 g/mol. The number of rotatable bonds is 3. The lowest BCUT2D eigenvalue weighted by Crippen LogP contribution is -2.19. The highest BCUT2D eigenvalue weighted by atomic mass is 16.7. The maximum Gasteiger partial charge on any atom is 0.313 e. The molecule has 3 aliphatic rings. The van der Waals surface area contributed by atoms with Crippen LogP contribution in [0.1, 0.15) is 23.1 Å². The molecule has 2 aliphatic heterocycles. The van der Waals surface area contributed by atoms with Crippen LogP contribution < -0.4 is 23.7 Å². The van der Waals surface area contributed by atoms with Gasteiger partial charge in [0.1, 0.15) is 0 Å². The Bertz CT molecular complexity index is 1010. The summed E-state index contributed by atoms with van der Waals surface area (Å²) in [4.78, 5) is 12.7. The van der Waals surface area contributed by atoms with Gasteiger partial charge >= 0.3 is 5.97 Å². The van der Waals surface area contributed by atoms with Crippen LogP contribution in [0.2, 0.25) is 0 Å². The van der Waals surface area contributed by atoms with Crippen molar-refractivity contribution in [2.75, 3.05) is 34.7 Å². The molecule has 0 saturated carbocycles. The summed E-state index contributed by atoms with van der Waals surface area (Å²) in [7, 11) is 4.56. The zero-order valence-corrected chi connectivity index (χ0v) is 16.2. The summed E-state index contributed by atoms with van der Waals surface area (Å²) in [6.45, 7) is 0.229. The highest BCUT2D eigenvalue weighted by molar-refractivity contribution is 5.91. The molecule has 8 nitrogen and oxygen atoms in total. The van der Waals surface area contributed by atoms with E-state index in [9.17, 15) is 9.90 Å². The van der Waals surface area contributed by atoms with E-state index >= 15 is 0 Å². The standard InChI is InChI=1S/C21H20O8/c1-24-15-6-11-16(20(26-3)19(15)25-2)9-4-13-14(29-8-28-13)5-10(9)18(22)12-7-27-21(23)17(11)12/h4-6,12,17-18,22H,7-8H2,1-3H3/t12-,17+,18-/m1/s1. The Morgan fingerprint density at radius 3 is 2.34 bits per heavy atom. The summed E-state index contributed by atoms with van der Waals surface area (Å²) in [5, 5.41) is 11.2. The number of hydrogen-bond acceptors (Lipinski definition) is 8. The van der Waals surface area contributed by atoms with Gasteiger partial charge in [0.15, 0.2) is 23.0 Å². The lowest BCUT2D eigenvalue weighted by Gasteiger charge is -2.21. The van der Waals surface area contributed by atoms with E-state index in [2.05, 4.69) is 0 Å². The zero-order chi connectivity index (χ0) is 20.3. The molecule has 5 rings (SSSR count). The zero-order valence-electron chi connectivity index (χ0n) is 16.2. The SMILES string of the molecule is COc1cc2c(c(OC)c1OC)-c1cc3c(cc1[C@@H](O)[C@@H]1COC(=O)[C@@H]21)OCO3. The Kier molecular flexibility index (Phi) is 3.99. The van der Waals surface area contributed by atoms with Gasteiger partial charge in [0.05, 0.1) is 40.0 Å². The summed E-state index contributed by atoms with van der Waals surface area (Å²) < 4.78 is 33.1. The van der Waals surface area contributed by atoms with Crippen LogP contribution in [-0.2, 0) is 9.53 Å². The largest absolute Gasteiger partial charge is 0.493 e. The first kappa shape index (κ1) is 17.9. The summed E-state index contributed by atoms with van der Waals surface area (Å²) in [6.07, 6.45) is -0.940. The summed E-state index contributed by atoms with van der Waals surface area (Å²) in [6, 6.07) is 5.32. The third-order valence-corrected chi connectivity index (χ3v) is 5.83. The van der Waals surface area contributed by atoms with Crippen molar-refractivity contribution in [2.24, 2.45) is 5.92 Å². The van der Waals surface area contributed by atoms with E-state index in [0.29, 0.717) is 51.0 Å². The van der Waals surface area contributed by atoms with Gasteiger partial charge in [-0.2, -0.15) is 0 Å². The summed E-state index contributed by atoms with van der Waals surface area (Å²) in [5.74, 6) is 0.841. The number of fused-ring (bicyclic) bond motifs is 6. The predicted octanol–water partition coefficient (Wildman–Crippen LogP) is 2.41. The van der Waals surface area contributed by atoms with Crippen molar-refractivity contribution in [1.29, 1.82) is 0 Å². The molecule has 29 heavy (non-hydrogen) atoms. The maximum atomic E-state index is 12.7. The molecule has 2 heterocycles. The number of carbonyl (C=O) groups is 1. The van der Waals surface area contributed by atoms with Crippen molar-refractivity contribution in [3.05, 3.63) is 29.3 Å². The molecule has 8 heteroatoms. The molecule has 1 saturated heterocycles. The van der Waals surface area contributed by atoms with Gasteiger partial charge in [-0.3, -0.25) is 4.79 Å². The fraction of sp³-hybridized carbons (Fsp3) is 0.381. The second-order valence-electron chi connectivity index (χ2n) is 7.12. The van der Waals surface area contributed by atoms with Crippen molar-refractivity contribution in [3.8, 4) is 39.9 Å². The molecular formula is C21H20O8. The number of hydrogen-bond donors (Lipinski definition) is 1. The minimum absolute atomic E-state index is 0.109. The number of carbonyl (C=O) groups excluding carboxylic acids is 1. The van der Waals surface area contributed by atoms with Crippen LogP contribution in [0.25, 0.3) is 11.1 Å². The van der Waals surface area contributed by atoms with Gasteiger partial charge < -0.3 is 33.5 Å². The molecule has 1 aliphatic carbocycles. The Balaban J connectivity index is 1.90. The Hall–Kier alpha value is -3.13. The van der Waals surface area contributed by atoms with E-state index in [1.165, 1.54) is 21.3 Å². The fourth-order valence-corrected chi connectivity index (χ4v) is 4.52. The smallest absolute Gasteiger partial charge is 0.313 e. The topological polar surface area (TPSA) is 92.7 Å². The number of aliphatic hydroxyl groups excluding tert-OH is 1. The van der Waals surface area contributed by atoms with Crippen molar-refractivity contribution >= 4 is 5.97 Å². The highest BCUT2D eigenvalue weighted by Gasteiger charge is 2.48.